The molecule has 0 aromatic carbocycles. The van der Waals surface area contributed by atoms with Crippen molar-refractivity contribution in [3.63, 3.8) is 0 Å². The van der Waals surface area contributed by atoms with Crippen molar-refractivity contribution in [3.05, 3.63) is 25.3 Å². The first-order valence-corrected chi connectivity index (χ1v) is 9.78. The van der Waals surface area contributed by atoms with Crippen LogP contribution in [-0.2, 0) is 4.43 Å². The molecule has 0 bridgehead atoms. The monoisotopic (exact) mass is 238 g/mol. The van der Waals surface area contributed by atoms with E-state index >= 15 is 0 Å². The molecule has 16 heavy (non-hydrogen) atoms. The summed E-state index contributed by atoms with van der Waals surface area (Å²) >= 11 is 0. The van der Waals surface area contributed by atoms with E-state index in [1.807, 2.05) is 6.08 Å². The molecule has 0 amide bonds. The average molecular weight is 238 g/mol. The molecule has 0 spiro atoms. The minimum absolute atomic E-state index is 0.00617. The Balaban J connectivity index is 2.91. The fraction of sp³-hybridized carbons (Fsp3) is 0.714. The van der Waals surface area contributed by atoms with Gasteiger partial charge in [0.1, 0.15) is 0 Å². The lowest BCUT2D eigenvalue weighted by atomic mass is 9.73. The fourth-order valence-electron chi connectivity index (χ4n) is 2.85. The van der Waals surface area contributed by atoms with Gasteiger partial charge in [0.05, 0.1) is 5.60 Å². The summed E-state index contributed by atoms with van der Waals surface area (Å²) in [5.41, 5.74) is 0.00617. The molecule has 0 aromatic heterocycles. The molecule has 0 saturated heterocycles. The van der Waals surface area contributed by atoms with Crippen LogP contribution in [0.4, 0.5) is 0 Å². The summed E-state index contributed by atoms with van der Waals surface area (Å²) in [6.45, 7) is 14.7. The maximum Gasteiger partial charge on any atom is 0.184 e. The lowest BCUT2D eigenvalue weighted by Crippen LogP contribution is -2.48. The smallest absolute Gasteiger partial charge is 0.184 e. The lowest BCUT2D eigenvalue weighted by Gasteiger charge is -2.46. The Labute approximate surface area is 102 Å². The predicted octanol–water partition coefficient (Wildman–Crippen LogP) is 4.53. The molecule has 2 atom stereocenters. The minimum Gasteiger partial charge on any atom is -0.411 e. The van der Waals surface area contributed by atoms with Crippen molar-refractivity contribution in [1.82, 2.24) is 0 Å². The Hall–Kier alpha value is -0.343. The molecule has 0 aliphatic heterocycles. The molecule has 2 heteroatoms. The van der Waals surface area contributed by atoms with Gasteiger partial charge in [-0.25, -0.2) is 0 Å². The molecule has 1 aliphatic rings. The highest BCUT2D eigenvalue weighted by atomic mass is 28.4. The Morgan fingerprint density at radius 1 is 1.31 bits per heavy atom. The third-order valence-electron chi connectivity index (χ3n) is 3.32. The lowest BCUT2D eigenvalue weighted by molar-refractivity contribution is -0.00907. The second-order valence-electron chi connectivity index (χ2n) is 5.86. The van der Waals surface area contributed by atoms with Crippen LogP contribution in [0.3, 0.4) is 0 Å². The SMILES string of the molecule is C=CC[C@@]1(O[Si](C)(C)C)CCCC[C@H]1C=C. The van der Waals surface area contributed by atoms with Crippen LogP contribution in [0, 0.1) is 5.92 Å². The third-order valence-corrected chi connectivity index (χ3v) is 4.34. The van der Waals surface area contributed by atoms with Gasteiger partial charge in [0.15, 0.2) is 8.32 Å². The summed E-state index contributed by atoms with van der Waals surface area (Å²) in [4.78, 5) is 0. The quantitative estimate of drug-likeness (QED) is 0.505. The average Bonchev–Trinajstić information content (AvgIpc) is 2.16. The first-order chi connectivity index (χ1) is 7.43. The van der Waals surface area contributed by atoms with Crippen molar-refractivity contribution in [2.45, 2.75) is 57.3 Å². The highest BCUT2D eigenvalue weighted by Crippen LogP contribution is 2.42. The number of hydrogen-bond acceptors (Lipinski definition) is 1. The molecular weight excluding hydrogens is 212 g/mol. The summed E-state index contributed by atoms with van der Waals surface area (Å²) in [6, 6.07) is 0. The van der Waals surface area contributed by atoms with E-state index < -0.39 is 8.32 Å². The van der Waals surface area contributed by atoms with E-state index in [0.29, 0.717) is 5.92 Å². The zero-order valence-electron chi connectivity index (χ0n) is 11.1. The van der Waals surface area contributed by atoms with Gasteiger partial charge in [-0.1, -0.05) is 25.0 Å². The minimum atomic E-state index is -1.51. The Morgan fingerprint density at radius 2 is 2.00 bits per heavy atom. The van der Waals surface area contributed by atoms with Gasteiger partial charge in [0, 0.05) is 5.92 Å². The van der Waals surface area contributed by atoms with Gasteiger partial charge >= 0.3 is 0 Å². The molecule has 92 valence electrons. The second kappa shape index (κ2) is 5.33. The van der Waals surface area contributed by atoms with Crippen LogP contribution in [0.15, 0.2) is 25.3 Å². The summed E-state index contributed by atoms with van der Waals surface area (Å²) < 4.78 is 6.51. The summed E-state index contributed by atoms with van der Waals surface area (Å²) in [5.74, 6) is 0.506. The van der Waals surface area contributed by atoms with E-state index in [1.165, 1.54) is 25.7 Å². The van der Waals surface area contributed by atoms with Crippen LogP contribution in [0.5, 0.6) is 0 Å². The molecule has 1 saturated carbocycles. The first kappa shape index (κ1) is 13.7. The van der Waals surface area contributed by atoms with Crippen molar-refractivity contribution in [3.8, 4) is 0 Å². The van der Waals surface area contributed by atoms with Crippen molar-refractivity contribution in [2.24, 2.45) is 5.92 Å². The highest BCUT2D eigenvalue weighted by Gasteiger charge is 2.41. The van der Waals surface area contributed by atoms with Gasteiger partial charge in [0.25, 0.3) is 0 Å². The third kappa shape index (κ3) is 3.32. The van der Waals surface area contributed by atoms with E-state index in [9.17, 15) is 0 Å². The van der Waals surface area contributed by atoms with Crippen LogP contribution in [0.25, 0.3) is 0 Å². The first-order valence-electron chi connectivity index (χ1n) is 6.37. The maximum atomic E-state index is 6.51. The van der Waals surface area contributed by atoms with Crippen LogP contribution < -0.4 is 0 Å². The van der Waals surface area contributed by atoms with Crippen LogP contribution in [-0.4, -0.2) is 13.9 Å². The maximum absolute atomic E-state index is 6.51. The predicted molar refractivity (Wildman–Crippen MR) is 74.1 cm³/mol. The summed E-state index contributed by atoms with van der Waals surface area (Å²) in [7, 11) is -1.51. The van der Waals surface area contributed by atoms with Crippen molar-refractivity contribution in [1.29, 1.82) is 0 Å². The molecule has 1 nitrogen and oxygen atoms in total. The Bertz CT molecular complexity index is 254. The van der Waals surface area contributed by atoms with E-state index in [0.717, 1.165) is 6.42 Å². The highest BCUT2D eigenvalue weighted by molar-refractivity contribution is 6.69. The zero-order valence-corrected chi connectivity index (χ0v) is 12.1. The van der Waals surface area contributed by atoms with Gasteiger partial charge in [-0.05, 0) is 38.9 Å². The largest absolute Gasteiger partial charge is 0.411 e. The van der Waals surface area contributed by atoms with Crippen molar-refractivity contribution >= 4 is 8.32 Å². The van der Waals surface area contributed by atoms with E-state index in [-0.39, 0.29) is 5.60 Å². The number of hydrogen-bond donors (Lipinski definition) is 0. The van der Waals surface area contributed by atoms with Gasteiger partial charge < -0.3 is 4.43 Å². The Kier molecular flexibility index (Phi) is 4.57. The molecule has 1 rings (SSSR count). The number of rotatable bonds is 5. The van der Waals surface area contributed by atoms with Gasteiger partial charge in [-0.3, -0.25) is 0 Å². The van der Waals surface area contributed by atoms with E-state index in [1.54, 1.807) is 0 Å². The molecule has 0 aromatic rings. The molecule has 0 N–H and O–H groups in total. The van der Waals surface area contributed by atoms with Crippen molar-refractivity contribution < 1.29 is 4.43 Å². The topological polar surface area (TPSA) is 9.23 Å². The normalized spacial score (nSPS) is 31.1. The summed E-state index contributed by atoms with van der Waals surface area (Å²) in [5, 5.41) is 0. The summed E-state index contributed by atoms with van der Waals surface area (Å²) in [6.07, 6.45) is 10.1. The fourth-order valence-corrected chi connectivity index (χ4v) is 4.40. The molecule has 0 unspecified atom stereocenters. The second-order valence-corrected chi connectivity index (χ2v) is 10.3. The van der Waals surface area contributed by atoms with E-state index in [4.69, 9.17) is 4.43 Å². The molecule has 1 aliphatic carbocycles. The van der Waals surface area contributed by atoms with E-state index in [2.05, 4.69) is 38.9 Å². The Morgan fingerprint density at radius 3 is 2.50 bits per heavy atom. The van der Waals surface area contributed by atoms with Gasteiger partial charge in [0.2, 0.25) is 0 Å². The van der Waals surface area contributed by atoms with Crippen LogP contribution >= 0.6 is 0 Å². The van der Waals surface area contributed by atoms with Gasteiger partial charge in [-0.15, -0.1) is 13.2 Å². The van der Waals surface area contributed by atoms with Crippen LogP contribution in [0.2, 0.25) is 19.6 Å². The van der Waals surface area contributed by atoms with Gasteiger partial charge in [-0.2, -0.15) is 0 Å². The molecule has 1 fully saturated rings. The van der Waals surface area contributed by atoms with Crippen LogP contribution in [0.1, 0.15) is 32.1 Å². The molecule has 0 radical (unpaired) electrons. The molecular formula is C14H26OSi. The molecule has 0 heterocycles. The standard InChI is InChI=1S/C14H26OSi/c1-6-11-14(15-16(3,4)5)12-9-8-10-13(14)7-2/h6-7,13H,1-2,8-12H2,3-5H3/t13-,14-/m1/s1. The zero-order chi connectivity index (χ0) is 12.2. The van der Waals surface area contributed by atoms with Crippen molar-refractivity contribution in [2.75, 3.05) is 0 Å².